The van der Waals surface area contributed by atoms with Gasteiger partial charge < -0.3 is 10.6 Å². The minimum Gasteiger partial charge on any atom is -0.360 e. The number of hydrogen-bond acceptors (Lipinski definition) is 8. The predicted molar refractivity (Wildman–Crippen MR) is 122 cm³/mol. The van der Waals surface area contributed by atoms with Gasteiger partial charge in [0.25, 0.3) is 0 Å². The number of nitrogens with zero attached hydrogens (tertiary/aromatic N) is 3. The van der Waals surface area contributed by atoms with Crippen molar-refractivity contribution in [2.24, 2.45) is 0 Å². The number of pyridine rings is 1. The lowest BCUT2D eigenvalue weighted by atomic mass is 10.2. The maximum atomic E-state index is 12.7. The molecule has 148 valence electrons. The van der Waals surface area contributed by atoms with Crippen LogP contribution < -0.4 is 10.6 Å². The highest BCUT2D eigenvalue weighted by Crippen LogP contribution is 2.30. The number of nitrogens with one attached hydrogen (secondary N) is 2. The maximum Gasteiger partial charge on any atom is 0.237 e. The van der Waals surface area contributed by atoms with Crippen molar-refractivity contribution in [2.75, 3.05) is 17.2 Å². The van der Waals surface area contributed by atoms with E-state index in [4.69, 9.17) is 0 Å². The number of aromatic nitrogens is 3. The fraction of sp³-hybridized carbons (Fsp3) is 0.200. The second-order valence-corrected chi connectivity index (χ2v) is 9.85. The van der Waals surface area contributed by atoms with E-state index in [0.717, 1.165) is 39.0 Å². The van der Waals surface area contributed by atoms with E-state index in [1.807, 2.05) is 37.3 Å². The summed E-state index contributed by atoms with van der Waals surface area (Å²) in [5.74, 6) is -0.0752. The maximum absolute atomic E-state index is 12.7. The van der Waals surface area contributed by atoms with Gasteiger partial charge in [0.05, 0.1) is 16.5 Å². The normalized spacial score (nSPS) is 12.0. The van der Waals surface area contributed by atoms with E-state index in [1.165, 1.54) is 28.0 Å². The van der Waals surface area contributed by atoms with Gasteiger partial charge in [-0.1, -0.05) is 35.2 Å². The van der Waals surface area contributed by atoms with Crippen LogP contribution in [-0.4, -0.2) is 32.9 Å². The standard InChI is InChI=1S/C20H19N5OS3/c1-13(18(26)23-17-8-2-7-16-15(17)6-3-10-21-16)28-20-25-24-19(29-20)22-11-9-14-5-4-12-27-14/h2-8,10,12-13H,9,11H2,1H3,(H,22,24)(H,23,26)/t13-/m0/s1. The number of fused-ring (bicyclic) bond motifs is 1. The molecule has 0 saturated carbocycles. The zero-order valence-electron chi connectivity index (χ0n) is 15.7. The molecule has 0 saturated heterocycles. The number of carbonyl (C=O) groups is 1. The van der Waals surface area contributed by atoms with Crippen LogP contribution in [0.4, 0.5) is 10.8 Å². The molecule has 3 heterocycles. The summed E-state index contributed by atoms with van der Waals surface area (Å²) in [6, 6.07) is 13.7. The van der Waals surface area contributed by atoms with Crippen LogP contribution in [0.2, 0.25) is 0 Å². The second-order valence-electron chi connectivity index (χ2n) is 6.25. The Hall–Kier alpha value is -2.49. The van der Waals surface area contributed by atoms with Crippen LogP contribution in [0.3, 0.4) is 0 Å². The van der Waals surface area contributed by atoms with E-state index in [1.54, 1.807) is 17.5 Å². The van der Waals surface area contributed by atoms with E-state index in [2.05, 4.69) is 43.3 Å². The van der Waals surface area contributed by atoms with Crippen LogP contribution in [-0.2, 0) is 11.2 Å². The highest BCUT2D eigenvalue weighted by Gasteiger charge is 2.18. The zero-order chi connectivity index (χ0) is 20.1. The average Bonchev–Trinajstić information content (AvgIpc) is 3.40. The molecule has 0 aliphatic rings. The third kappa shape index (κ3) is 5.11. The molecule has 4 rings (SSSR count). The molecule has 9 heteroatoms. The molecule has 0 aliphatic carbocycles. The van der Waals surface area contributed by atoms with Gasteiger partial charge in [-0.3, -0.25) is 9.78 Å². The lowest BCUT2D eigenvalue weighted by Gasteiger charge is -2.12. The van der Waals surface area contributed by atoms with Crippen molar-refractivity contribution >= 4 is 62.1 Å². The average molecular weight is 442 g/mol. The number of anilines is 2. The number of carbonyl (C=O) groups excluding carboxylic acids is 1. The third-order valence-corrected chi connectivity index (χ3v) is 7.19. The van der Waals surface area contributed by atoms with Gasteiger partial charge in [0.15, 0.2) is 4.34 Å². The molecular formula is C20H19N5OS3. The molecule has 2 N–H and O–H groups in total. The van der Waals surface area contributed by atoms with Gasteiger partial charge in [0.1, 0.15) is 0 Å². The number of thioether (sulfide) groups is 1. The lowest BCUT2D eigenvalue weighted by Crippen LogP contribution is -2.22. The number of thiophene rings is 1. The Morgan fingerprint density at radius 1 is 1.17 bits per heavy atom. The van der Waals surface area contributed by atoms with Crippen molar-refractivity contribution in [1.29, 1.82) is 0 Å². The zero-order valence-corrected chi connectivity index (χ0v) is 18.1. The molecule has 0 fully saturated rings. The van der Waals surface area contributed by atoms with Crippen molar-refractivity contribution in [3.05, 3.63) is 58.9 Å². The number of rotatable bonds is 8. The highest BCUT2D eigenvalue weighted by molar-refractivity contribution is 8.02. The van der Waals surface area contributed by atoms with Gasteiger partial charge >= 0.3 is 0 Å². The molecule has 0 unspecified atom stereocenters. The Morgan fingerprint density at radius 2 is 2.10 bits per heavy atom. The SMILES string of the molecule is C[C@H](Sc1nnc(NCCc2cccs2)s1)C(=O)Nc1cccc2ncccc12. The van der Waals surface area contributed by atoms with E-state index in [0.29, 0.717) is 0 Å². The smallest absolute Gasteiger partial charge is 0.237 e. The molecule has 1 aromatic carbocycles. The highest BCUT2D eigenvalue weighted by atomic mass is 32.2. The van der Waals surface area contributed by atoms with Crippen molar-refractivity contribution in [2.45, 2.75) is 22.9 Å². The van der Waals surface area contributed by atoms with E-state index in [-0.39, 0.29) is 11.2 Å². The van der Waals surface area contributed by atoms with Crippen molar-refractivity contribution in [1.82, 2.24) is 15.2 Å². The Bertz CT molecular complexity index is 1090. The summed E-state index contributed by atoms with van der Waals surface area (Å²) in [4.78, 5) is 18.3. The summed E-state index contributed by atoms with van der Waals surface area (Å²) in [5, 5.41) is 18.1. The van der Waals surface area contributed by atoms with Gasteiger partial charge in [-0.05, 0) is 49.1 Å². The van der Waals surface area contributed by atoms with Gasteiger partial charge in [-0.25, -0.2) is 0 Å². The molecule has 0 aliphatic heterocycles. The second kappa shape index (κ2) is 9.34. The molecule has 0 spiro atoms. The first-order valence-electron chi connectivity index (χ1n) is 9.10. The minimum atomic E-state index is -0.297. The molecule has 0 radical (unpaired) electrons. The summed E-state index contributed by atoms with van der Waals surface area (Å²) in [7, 11) is 0. The van der Waals surface area contributed by atoms with Gasteiger partial charge in [-0.15, -0.1) is 21.5 Å². The monoisotopic (exact) mass is 441 g/mol. The molecule has 6 nitrogen and oxygen atoms in total. The van der Waals surface area contributed by atoms with E-state index >= 15 is 0 Å². The van der Waals surface area contributed by atoms with Crippen LogP contribution >= 0.6 is 34.4 Å². The molecule has 0 bridgehead atoms. The van der Waals surface area contributed by atoms with E-state index < -0.39 is 0 Å². The largest absolute Gasteiger partial charge is 0.360 e. The molecule has 1 amide bonds. The van der Waals surface area contributed by atoms with E-state index in [9.17, 15) is 4.79 Å². The van der Waals surface area contributed by atoms with Crippen LogP contribution in [0.15, 0.2) is 58.4 Å². The Labute approximate surface area is 180 Å². The quantitative estimate of drug-likeness (QED) is 0.378. The van der Waals surface area contributed by atoms with Crippen LogP contribution in [0.5, 0.6) is 0 Å². The molecular weight excluding hydrogens is 422 g/mol. The molecule has 1 atom stereocenters. The first-order chi connectivity index (χ1) is 14.2. The predicted octanol–water partition coefficient (Wildman–Crippen LogP) is 4.92. The third-order valence-electron chi connectivity index (χ3n) is 4.18. The topological polar surface area (TPSA) is 79.8 Å². The van der Waals surface area contributed by atoms with Crippen molar-refractivity contribution in [3.63, 3.8) is 0 Å². The fourth-order valence-electron chi connectivity index (χ4n) is 2.73. The first kappa shape index (κ1) is 19.8. The molecule has 4 aromatic rings. The lowest BCUT2D eigenvalue weighted by molar-refractivity contribution is -0.115. The Morgan fingerprint density at radius 3 is 2.97 bits per heavy atom. The minimum absolute atomic E-state index is 0.0752. The Kier molecular flexibility index (Phi) is 6.38. The summed E-state index contributed by atoms with van der Waals surface area (Å²) in [6.45, 7) is 2.68. The summed E-state index contributed by atoms with van der Waals surface area (Å²) < 4.78 is 0.769. The first-order valence-corrected chi connectivity index (χ1v) is 11.7. The summed E-state index contributed by atoms with van der Waals surface area (Å²) in [6.07, 6.45) is 2.70. The summed E-state index contributed by atoms with van der Waals surface area (Å²) in [5.41, 5.74) is 1.62. The van der Waals surface area contributed by atoms with Crippen LogP contribution in [0.25, 0.3) is 10.9 Å². The van der Waals surface area contributed by atoms with Gasteiger partial charge in [-0.2, -0.15) is 0 Å². The van der Waals surface area contributed by atoms with Crippen LogP contribution in [0, 0.1) is 0 Å². The summed E-state index contributed by atoms with van der Waals surface area (Å²) >= 11 is 4.63. The number of benzene rings is 1. The molecule has 3 aromatic heterocycles. The van der Waals surface area contributed by atoms with Crippen molar-refractivity contribution < 1.29 is 4.79 Å². The number of hydrogen-bond donors (Lipinski definition) is 2. The Balaban J connectivity index is 1.32. The van der Waals surface area contributed by atoms with Gasteiger partial charge in [0, 0.05) is 23.0 Å². The number of amides is 1. The fourth-order valence-corrected chi connectivity index (χ4v) is 5.36. The van der Waals surface area contributed by atoms with Gasteiger partial charge in [0.2, 0.25) is 11.0 Å². The molecule has 29 heavy (non-hydrogen) atoms. The van der Waals surface area contributed by atoms with Crippen molar-refractivity contribution in [3.8, 4) is 0 Å². The van der Waals surface area contributed by atoms with Crippen LogP contribution in [0.1, 0.15) is 11.8 Å².